The second kappa shape index (κ2) is 5.84. The van der Waals surface area contributed by atoms with E-state index in [1.165, 1.54) is 12.1 Å². The normalized spacial score (nSPS) is 15.6. The lowest BCUT2D eigenvalue weighted by molar-refractivity contribution is 0.0703. The molecule has 1 aromatic carbocycles. The zero-order valence-corrected chi connectivity index (χ0v) is 12.2. The second-order valence-electron chi connectivity index (χ2n) is 5.49. The van der Waals surface area contributed by atoms with E-state index in [9.17, 15) is 9.18 Å². The van der Waals surface area contributed by atoms with Gasteiger partial charge in [-0.1, -0.05) is 11.2 Å². The summed E-state index contributed by atoms with van der Waals surface area (Å²) < 4.78 is 18.3. The molecule has 2 N–H and O–H groups in total. The first-order valence-electron chi connectivity index (χ1n) is 7.17. The fourth-order valence-corrected chi connectivity index (χ4v) is 2.51. The van der Waals surface area contributed by atoms with Crippen LogP contribution in [0.5, 0.6) is 0 Å². The summed E-state index contributed by atoms with van der Waals surface area (Å²) in [6.07, 6.45) is 2.17. The fourth-order valence-electron chi connectivity index (χ4n) is 2.51. The summed E-state index contributed by atoms with van der Waals surface area (Å²) in [5, 5.41) is 3.70. The lowest BCUT2D eigenvalue weighted by Crippen LogP contribution is -2.43. The first-order chi connectivity index (χ1) is 10.6. The molecule has 7 heteroatoms. The van der Waals surface area contributed by atoms with E-state index < -0.39 is 5.82 Å². The van der Waals surface area contributed by atoms with Gasteiger partial charge in [0.05, 0.1) is 0 Å². The van der Waals surface area contributed by atoms with Gasteiger partial charge < -0.3 is 15.2 Å². The van der Waals surface area contributed by atoms with Crippen LogP contribution in [-0.2, 0) is 0 Å². The van der Waals surface area contributed by atoms with Gasteiger partial charge in [0.15, 0.2) is 0 Å². The van der Waals surface area contributed by atoms with Crippen molar-refractivity contribution in [3.8, 4) is 11.5 Å². The van der Waals surface area contributed by atoms with Crippen LogP contribution in [0.25, 0.3) is 11.5 Å². The molecule has 1 heterocycles. The molecule has 3 rings (SSSR count). The van der Waals surface area contributed by atoms with Crippen molar-refractivity contribution in [3.63, 3.8) is 0 Å². The third kappa shape index (κ3) is 2.85. The third-order valence-electron chi connectivity index (χ3n) is 3.91. The number of nitrogens with zero attached hydrogens (tertiary/aromatic N) is 3. The van der Waals surface area contributed by atoms with E-state index >= 15 is 0 Å². The van der Waals surface area contributed by atoms with Gasteiger partial charge in [-0.05, 0) is 37.0 Å². The van der Waals surface area contributed by atoms with Crippen LogP contribution in [0.4, 0.5) is 4.39 Å². The molecule has 2 aromatic rings. The molecule has 1 fully saturated rings. The van der Waals surface area contributed by atoms with Gasteiger partial charge in [-0.15, -0.1) is 0 Å². The molecule has 0 saturated heterocycles. The van der Waals surface area contributed by atoms with Crippen LogP contribution >= 0.6 is 0 Å². The van der Waals surface area contributed by atoms with Gasteiger partial charge in [0, 0.05) is 25.2 Å². The minimum absolute atomic E-state index is 0.0105. The number of amides is 1. The zero-order valence-electron chi connectivity index (χ0n) is 12.2. The number of halogens is 1. The van der Waals surface area contributed by atoms with E-state index in [2.05, 4.69) is 10.1 Å². The van der Waals surface area contributed by atoms with Crippen LogP contribution in [0.1, 0.15) is 23.5 Å². The van der Waals surface area contributed by atoms with Crippen molar-refractivity contribution in [2.45, 2.75) is 18.9 Å². The molecule has 1 saturated carbocycles. The summed E-state index contributed by atoms with van der Waals surface area (Å²) in [5.41, 5.74) is 6.18. The number of carbonyl (C=O) groups excluding carboxylic acids is 1. The van der Waals surface area contributed by atoms with Crippen molar-refractivity contribution in [1.82, 2.24) is 15.0 Å². The number of aromatic nitrogens is 2. The molecule has 0 bridgehead atoms. The van der Waals surface area contributed by atoms with Crippen LogP contribution in [0.3, 0.4) is 0 Å². The zero-order chi connectivity index (χ0) is 15.7. The van der Waals surface area contributed by atoms with E-state index in [0.29, 0.717) is 18.0 Å². The number of carbonyl (C=O) groups is 1. The van der Waals surface area contributed by atoms with Crippen molar-refractivity contribution in [1.29, 1.82) is 0 Å². The van der Waals surface area contributed by atoms with Crippen molar-refractivity contribution >= 4 is 5.91 Å². The van der Waals surface area contributed by atoms with Crippen LogP contribution in [0.15, 0.2) is 28.8 Å². The highest BCUT2D eigenvalue weighted by atomic mass is 19.1. The summed E-state index contributed by atoms with van der Waals surface area (Å²) in [6, 6.07) is 5.77. The van der Waals surface area contributed by atoms with Crippen molar-refractivity contribution in [2.75, 3.05) is 13.6 Å². The van der Waals surface area contributed by atoms with Crippen LogP contribution in [0.2, 0.25) is 0 Å². The predicted molar refractivity (Wildman–Crippen MR) is 77.4 cm³/mol. The van der Waals surface area contributed by atoms with Gasteiger partial charge in [-0.3, -0.25) is 4.79 Å². The number of benzene rings is 1. The first kappa shape index (κ1) is 14.6. The smallest absolute Gasteiger partial charge is 0.295 e. The lowest BCUT2D eigenvalue weighted by Gasteiger charge is -2.25. The highest BCUT2D eigenvalue weighted by Crippen LogP contribution is 2.34. The number of rotatable bonds is 5. The van der Waals surface area contributed by atoms with Gasteiger partial charge >= 0.3 is 0 Å². The monoisotopic (exact) mass is 304 g/mol. The van der Waals surface area contributed by atoms with Crippen molar-refractivity contribution < 1.29 is 13.7 Å². The predicted octanol–water partition coefficient (Wildman–Crippen LogP) is 1.69. The van der Waals surface area contributed by atoms with Crippen LogP contribution < -0.4 is 5.73 Å². The van der Waals surface area contributed by atoms with Crippen LogP contribution in [0, 0.1) is 11.7 Å². The van der Waals surface area contributed by atoms with Gasteiger partial charge in [-0.2, -0.15) is 4.98 Å². The highest BCUT2D eigenvalue weighted by molar-refractivity contribution is 5.90. The Bertz CT molecular complexity index is 684. The maximum Gasteiger partial charge on any atom is 0.295 e. The van der Waals surface area contributed by atoms with E-state index in [-0.39, 0.29) is 23.7 Å². The Balaban J connectivity index is 1.79. The Morgan fingerprint density at radius 2 is 2.32 bits per heavy atom. The number of hydrogen-bond donors (Lipinski definition) is 1. The molecule has 1 aromatic heterocycles. The highest BCUT2D eigenvalue weighted by Gasteiger charge is 2.36. The molecule has 6 nitrogen and oxygen atoms in total. The van der Waals surface area contributed by atoms with Crippen molar-refractivity contribution in [2.24, 2.45) is 11.7 Å². The van der Waals surface area contributed by atoms with E-state index in [0.717, 1.165) is 12.8 Å². The van der Waals surface area contributed by atoms with E-state index in [1.54, 1.807) is 24.1 Å². The molecule has 0 aliphatic heterocycles. The number of likely N-dealkylation sites (N-methyl/N-ethyl adjacent to an activating group) is 1. The Hall–Kier alpha value is -2.28. The van der Waals surface area contributed by atoms with Gasteiger partial charge in [0.25, 0.3) is 17.6 Å². The maximum absolute atomic E-state index is 13.2. The molecule has 1 unspecified atom stereocenters. The molecular weight excluding hydrogens is 287 g/mol. The molecule has 1 aliphatic carbocycles. The average molecular weight is 304 g/mol. The Kier molecular flexibility index (Phi) is 3.89. The average Bonchev–Trinajstić information content (AvgIpc) is 3.22. The summed E-state index contributed by atoms with van der Waals surface area (Å²) in [4.78, 5) is 18.0. The third-order valence-corrected chi connectivity index (χ3v) is 3.91. The Morgan fingerprint density at radius 1 is 1.55 bits per heavy atom. The Morgan fingerprint density at radius 3 is 2.95 bits per heavy atom. The van der Waals surface area contributed by atoms with E-state index in [4.69, 9.17) is 10.3 Å². The largest absolute Gasteiger partial charge is 0.334 e. The lowest BCUT2D eigenvalue weighted by atomic mass is 10.1. The summed E-state index contributed by atoms with van der Waals surface area (Å²) in [6.45, 7) is 0.404. The maximum atomic E-state index is 13.2. The molecule has 0 radical (unpaired) electrons. The number of nitrogens with two attached hydrogens (primary N) is 1. The van der Waals surface area contributed by atoms with Crippen LogP contribution in [-0.4, -0.2) is 40.6 Å². The van der Waals surface area contributed by atoms with E-state index in [1.807, 2.05) is 0 Å². The molecule has 1 amide bonds. The standard InChI is InChI=1S/C15H17FN4O2/c1-20(12(8-17)9-5-6-9)15(21)13-18-14(22-19-13)10-3-2-4-11(16)7-10/h2-4,7,9,12H,5-6,8,17H2,1H3. The SMILES string of the molecule is CN(C(=O)c1noc(-c2cccc(F)c2)n1)C(CN)C1CC1. The molecule has 116 valence electrons. The topological polar surface area (TPSA) is 85.2 Å². The molecular formula is C15H17FN4O2. The van der Waals surface area contributed by atoms with Crippen molar-refractivity contribution in [3.05, 3.63) is 35.9 Å². The fraction of sp³-hybridized carbons (Fsp3) is 0.400. The van der Waals surface area contributed by atoms with Gasteiger partial charge in [0.1, 0.15) is 5.82 Å². The first-order valence-corrected chi connectivity index (χ1v) is 7.17. The summed E-state index contributed by atoms with van der Waals surface area (Å²) in [5.74, 6) is -0.215. The minimum atomic E-state index is -0.405. The van der Waals surface area contributed by atoms with Gasteiger partial charge in [-0.25, -0.2) is 4.39 Å². The number of hydrogen-bond acceptors (Lipinski definition) is 5. The second-order valence-corrected chi connectivity index (χ2v) is 5.49. The minimum Gasteiger partial charge on any atom is -0.334 e. The van der Waals surface area contributed by atoms with Gasteiger partial charge in [0.2, 0.25) is 0 Å². The molecule has 22 heavy (non-hydrogen) atoms. The molecule has 1 aliphatic rings. The summed E-state index contributed by atoms with van der Waals surface area (Å²) in [7, 11) is 1.69. The molecule has 1 atom stereocenters. The molecule has 0 spiro atoms. The quantitative estimate of drug-likeness (QED) is 0.908. The summed E-state index contributed by atoms with van der Waals surface area (Å²) >= 11 is 0. The Labute approximate surface area is 127 Å².